The molecule has 1 amide bonds. The maximum atomic E-state index is 12.6. The molecule has 2 N–H and O–H groups in total. The Labute approximate surface area is 199 Å². The highest BCUT2D eigenvalue weighted by atomic mass is 32.2. The van der Waals surface area contributed by atoms with Crippen LogP contribution in [0.5, 0.6) is 0 Å². The average Bonchev–Trinajstić information content (AvgIpc) is 2.80. The Morgan fingerprint density at radius 1 is 1.03 bits per heavy atom. The predicted octanol–water partition coefficient (Wildman–Crippen LogP) is 2.35. The molecule has 9 nitrogen and oxygen atoms in total. The Kier molecular flexibility index (Phi) is 10.7. The summed E-state index contributed by atoms with van der Waals surface area (Å²) in [5.74, 6) is -0.677. The van der Waals surface area contributed by atoms with Crippen molar-refractivity contribution in [1.82, 2.24) is 5.32 Å². The lowest BCUT2D eigenvalue weighted by Gasteiger charge is -2.29. The molecule has 3 atom stereocenters. The molecule has 0 saturated heterocycles. The lowest BCUT2D eigenvalue weighted by Crippen LogP contribution is -2.53. The fourth-order valence-electron chi connectivity index (χ4n) is 2.98. The Bertz CT molecular complexity index is 1040. The molecule has 0 fully saturated rings. The molecule has 2 aromatic carbocycles. The van der Waals surface area contributed by atoms with Gasteiger partial charge in [-0.15, -0.1) is 0 Å². The third kappa shape index (κ3) is 10.2. The summed E-state index contributed by atoms with van der Waals surface area (Å²) in [5.41, 5.74) is 1.42. The van der Waals surface area contributed by atoms with Crippen LogP contribution < -0.4 is 5.32 Å². The fraction of sp³-hybridized carbons (Fsp3) is 0.333. The summed E-state index contributed by atoms with van der Waals surface area (Å²) < 4.78 is 38.6. The zero-order valence-corrected chi connectivity index (χ0v) is 19.8. The monoisotopic (exact) mass is 491 g/mol. The molecule has 2 aromatic rings. The number of carbonyl (C=O) groups excluding carboxylic acids is 2. The minimum absolute atomic E-state index is 0.0395. The second kappa shape index (κ2) is 13.5. The second-order valence-electron chi connectivity index (χ2n) is 7.43. The van der Waals surface area contributed by atoms with Crippen LogP contribution in [0.4, 0.5) is 4.79 Å². The first-order valence-electron chi connectivity index (χ1n) is 10.5. The minimum atomic E-state index is -3.89. The quantitative estimate of drug-likeness (QED) is 0.263. The van der Waals surface area contributed by atoms with Gasteiger partial charge in [0, 0.05) is 0 Å². The first kappa shape index (κ1) is 27.0. The van der Waals surface area contributed by atoms with Gasteiger partial charge in [-0.25, -0.2) is 4.79 Å². The van der Waals surface area contributed by atoms with E-state index in [9.17, 15) is 23.1 Å². The fourth-order valence-corrected chi connectivity index (χ4v) is 3.38. The molecule has 0 bridgehead atoms. The number of esters is 1. The van der Waals surface area contributed by atoms with Crippen molar-refractivity contribution in [3.63, 3.8) is 0 Å². The van der Waals surface area contributed by atoms with Gasteiger partial charge in [-0.05, 0) is 18.1 Å². The Morgan fingerprint density at radius 2 is 1.62 bits per heavy atom. The number of hydrogen-bond acceptors (Lipinski definition) is 8. The average molecular weight is 492 g/mol. The van der Waals surface area contributed by atoms with E-state index in [-0.39, 0.29) is 13.0 Å². The summed E-state index contributed by atoms with van der Waals surface area (Å²) in [4.78, 5) is 25.0. The van der Waals surface area contributed by atoms with E-state index in [0.717, 1.165) is 11.8 Å². The van der Waals surface area contributed by atoms with Gasteiger partial charge in [0.05, 0.1) is 25.3 Å². The Balaban J connectivity index is 2.17. The maximum absolute atomic E-state index is 12.6. The number of aliphatic hydroxyl groups is 1. The number of alkyl carbamates (subject to hydrolysis) is 1. The summed E-state index contributed by atoms with van der Waals surface area (Å²) in [5, 5.41) is 13.0. The smallest absolute Gasteiger partial charge is 0.407 e. The second-order valence-corrected chi connectivity index (χ2v) is 9.08. The van der Waals surface area contributed by atoms with Gasteiger partial charge in [0.15, 0.2) is 6.10 Å². The van der Waals surface area contributed by atoms with Crippen molar-refractivity contribution in [1.29, 1.82) is 0 Å². The van der Waals surface area contributed by atoms with Crippen molar-refractivity contribution < 1.29 is 36.8 Å². The maximum Gasteiger partial charge on any atom is 0.407 e. The summed E-state index contributed by atoms with van der Waals surface area (Å²) in [6.45, 7) is 1.02. The molecule has 0 aliphatic rings. The Hall–Kier alpha value is -3.21. The topological polar surface area (TPSA) is 128 Å². The molecule has 10 heteroatoms. The number of ether oxygens (including phenoxy) is 2. The van der Waals surface area contributed by atoms with Gasteiger partial charge in [-0.1, -0.05) is 72.8 Å². The van der Waals surface area contributed by atoms with Crippen LogP contribution in [0, 0.1) is 0 Å². The third-order valence-corrected chi connectivity index (χ3v) is 5.12. The van der Waals surface area contributed by atoms with E-state index in [4.69, 9.17) is 13.7 Å². The molecule has 0 radical (unpaired) electrons. The van der Waals surface area contributed by atoms with Crippen LogP contribution in [0.2, 0.25) is 0 Å². The molecule has 0 aliphatic heterocycles. The highest BCUT2D eigenvalue weighted by molar-refractivity contribution is 7.85. The molecule has 0 unspecified atom stereocenters. The van der Waals surface area contributed by atoms with Gasteiger partial charge in [0.2, 0.25) is 0 Å². The van der Waals surface area contributed by atoms with Gasteiger partial charge >= 0.3 is 12.1 Å². The SMILES string of the molecule is C/C=C/[C@@H](O)[C@H](OC(=O)Cc1ccccc1)[C@H](COS(C)(=O)=O)NC(=O)OCc1ccccc1. The zero-order valence-electron chi connectivity index (χ0n) is 19.0. The number of rotatable bonds is 12. The minimum Gasteiger partial charge on any atom is -0.457 e. The summed E-state index contributed by atoms with van der Waals surface area (Å²) >= 11 is 0. The van der Waals surface area contributed by atoms with Crippen molar-refractivity contribution in [3.05, 3.63) is 83.9 Å². The van der Waals surface area contributed by atoms with Gasteiger partial charge in [0.1, 0.15) is 12.7 Å². The normalized spacial score (nSPS) is 14.2. The number of amides is 1. The van der Waals surface area contributed by atoms with Crippen molar-refractivity contribution in [3.8, 4) is 0 Å². The molecule has 2 rings (SSSR count). The van der Waals surface area contributed by atoms with E-state index in [0.29, 0.717) is 5.56 Å². The molecule has 0 heterocycles. The summed E-state index contributed by atoms with van der Waals surface area (Å²) in [6.07, 6.45) is 0.0400. The first-order valence-corrected chi connectivity index (χ1v) is 12.4. The van der Waals surface area contributed by atoms with Gasteiger partial charge in [-0.2, -0.15) is 8.42 Å². The Morgan fingerprint density at radius 3 is 2.18 bits per heavy atom. The van der Waals surface area contributed by atoms with Gasteiger partial charge in [-0.3, -0.25) is 8.98 Å². The molecule has 0 spiro atoms. The van der Waals surface area contributed by atoms with Crippen LogP contribution >= 0.6 is 0 Å². The summed E-state index contributed by atoms with van der Waals surface area (Å²) in [6, 6.07) is 16.5. The van der Waals surface area contributed by atoms with Crippen molar-refractivity contribution in [2.75, 3.05) is 12.9 Å². The molecule has 184 valence electrons. The van der Waals surface area contributed by atoms with E-state index in [1.54, 1.807) is 61.5 Å². The van der Waals surface area contributed by atoms with E-state index < -0.39 is 47.0 Å². The van der Waals surface area contributed by atoms with E-state index in [1.165, 1.54) is 12.2 Å². The molecule has 0 saturated carbocycles. The molecule has 0 aliphatic carbocycles. The molecular weight excluding hydrogens is 462 g/mol. The van der Waals surface area contributed by atoms with Crippen LogP contribution in [0.15, 0.2) is 72.8 Å². The molecule has 0 aromatic heterocycles. The van der Waals surface area contributed by atoms with Crippen LogP contribution in [-0.2, 0) is 41.6 Å². The number of aliphatic hydroxyl groups excluding tert-OH is 1. The van der Waals surface area contributed by atoms with Crippen molar-refractivity contribution >= 4 is 22.2 Å². The number of benzene rings is 2. The largest absolute Gasteiger partial charge is 0.457 e. The van der Waals surface area contributed by atoms with Crippen LogP contribution in [-0.4, -0.2) is 56.7 Å². The van der Waals surface area contributed by atoms with Crippen molar-refractivity contribution in [2.45, 2.75) is 38.2 Å². The van der Waals surface area contributed by atoms with Crippen LogP contribution in [0.1, 0.15) is 18.1 Å². The van der Waals surface area contributed by atoms with E-state index in [1.807, 2.05) is 6.07 Å². The highest BCUT2D eigenvalue weighted by Crippen LogP contribution is 2.13. The highest BCUT2D eigenvalue weighted by Gasteiger charge is 2.33. The molecule has 34 heavy (non-hydrogen) atoms. The van der Waals surface area contributed by atoms with Gasteiger partial charge in [0.25, 0.3) is 10.1 Å². The lowest BCUT2D eigenvalue weighted by molar-refractivity contribution is -0.155. The summed E-state index contributed by atoms with van der Waals surface area (Å²) in [7, 11) is -3.89. The standard InChI is InChI=1S/C24H29NO8S/c1-3-10-21(26)23(33-22(27)15-18-11-6-4-7-12-18)20(17-32-34(2,29)30)25-24(28)31-16-19-13-8-5-9-14-19/h3-14,20-21,23,26H,15-17H2,1-2H3,(H,25,28)/b10-3+/t20-,21+,23+/m0/s1. The number of allylic oxidation sites excluding steroid dienone is 1. The lowest BCUT2D eigenvalue weighted by atomic mass is 10.1. The van der Waals surface area contributed by atoms with Gasteiger partial charge < -0.3 is 19.9 Å². The zero-order chi connectivity index (χ0) is 25.0. The third-order valence-electron chi connectivity index (χ3n) is 4.56. The van der Waals surface area contributed by atoms with E-state index in [2.05, 4.69) is 5.32 Å². The van der Waals surface area contributed by atoms with Crippen molar-refractivity contribution in [2.24, 2.45) is 0 Å². The van der Waals surface area contributed by atoms with Crippen LogP contribution in [0.25, 0.3) is 0 Å². The number of nitrogens with one attached hydrogen (secondary N) is 1. The molecular formula is C24H29NO8S. The number of hydrogen-bond donors (Lipinski definition) is 2. The number of carbonyl (C=O) groups is 2. The predicted molar refractivity (Wildman–Crippen MR) is 125 cm³/mol. The first-order chi connectivity index (χ1) is 16.2. The van der Waals surface area contributed by atoms with Crippen LogP contribution in [0.3, 0.4) is 0 Å². The van der Waals surface area contributed by atoms with E-state index >= 15 is 0 Å².